The lowest BCUT2D eigenvalue weighted by atomic mass is 10.1. The Kier molecular flexibility index (Phi) is 6.41. The molecule has 0 saturated carbocycles. The van der Waals surface area contributed by atoms with Crippen LogP contribution in [0.1, 0.15) is 34.5 Å². The van der Waals surface area contributed by atoms with E-state index in [4.69, 9.17) is 4.74 Å². The van der Waals surface area contributed by atoms with Gasteiger partial charge in [-0.3, -0.25) is 9.59 Å². The van der Waals surface area contributed by atoms with Crippen molar-refractivity contribution in [3.63, 3.8) is 0 Å². The monoisotopic (exact) mass is 425 g/mol. The van der Waals surface area contributed by atoms with Gasteiger partial charge in [-0.1, -0.05) is 60.7 Å². The number of nitrogens with zero attached hydrogens (tertiary/aromatic N) is 2. The molecule has 0 spiro atoms. The molecule has 0 unspecified atom stereocenters. The highest BCUT2D eigenvalue weighted by Gasteiger charge is 2.18. The van der Waals surface area contributed by atoms with Gasteiger partial charge in [0.15, 0.2) is 12.4 Å². The molecule has 0 aliphatic rings. The van der Waals surface area contributed by atoms with Crippen molar-refractivity contribution in [2.45, 2.75) is 13.0 Å². The Morgan fingerprint density at radius 2 is 1.59 bits per heavy atom. The second kappa shape index (κ2) is 9.75. The smallest absolute Gasteiger partial charge is 0.258 e. The van der Waals surface area contributed by atoms with Crippen LogP contribution in [0.25, 0.3) is 5.69 Å². The fraction of sp³-hybridized carbons (Fsp3) is 0.115. The first kappa shape index (κ1) is 21.1. The van der Waals surface area contributed by atoms with Crippen molar-refractivity contribution in [3.05, 3.63) is 114 Å². The van der Waals surface area contributed by atoms with Gasteiger partial charge in [-0.15, -0.1) is 0 Å². The van der Waals surface area contributed by atoms with E-state index >= 15 is 0 Å². The van der Waals surface area contributed by atoms with E-state index in [2.05, 4.69) is 10.4 Å². The molecule has 160 valence electrons. The number of para-hydroxylation sites is 2. The summed E-state index contributed by atoms with van der Waals surface area (Å²) in [6, 6.07) is 26.0. The summed E-state index contributed by atoms with van der Waals surface area (Å²) in [5, 5.41) is 7.20. The molecule has 6 heteroatoms. The zero-order valence-corrected chi connectivity index (χ0v) is 17.6. The van der Waals surface area contributed by atoms with Crippen molar-refractivity contribution in [1.82, 2.24) is 15.1 Å². The van der Waals surface area contributed by atoms with Gasteiger partial charge in [0.05, 0.1) is 29.1 Å². The first-order chi connectivity index (χ1) is 15.6. The van der Waals surface area contributed by atoms with Crippen LogP contribution in [0.4, 0.5) is 0 Å². The molecule has 0 saturated heterocycles. The first-order valence-electron chi connectivity index (χ1n) is 10.3. The standard InChI is InChI=1S/C26H23N3O3/c1-19(20-10-4-2-5-11-20)28-25(30)18-32-24-15-9-8-14-23(24)26(31)21-16-27-29(17-21)22-12-6-3-7-13-22/h2-17,19H,18H2,1H3,(H,28,30)/t19-/m1/s1. The molecule has 0 aliphatic carbocycles. The highest BCUT2D eigenvalue weighted by molar-refractivity contribution is 6.10. The molecular formula is C26H23N3O3. The van der Waals surface area contributed by atoms with E-state index < -0.39 is 0 Å². The normalized spacial score (nSPS) is 11.5. The SMILES string of the molecule is C[C@@H](NC(=O)COc1ccccc1C(=O)c1cnn(-c2ccccc2)c1)c1ccccc1. The summed E-state index contributed by atoms with van der Waals surface area (Å²) in [6.45, 7) is 1.72. The third-order valence-corrected chi connectivity index (χ3v) is 5.03. The van der Waals surface area contributed by atoms with Crippen molar-refractivity contribution in [3.8, 4) is 11.4 Å². The topological polar surface area (TPSA) is 73.2 Å². The van der Waals surface area contributed by atoms with E-state index in [1.807, 2.05) is 67.6 Å². The van der Waals surface area contributed by atoms with Gasteiger partial charge < -0.3 is 10.1 Å². The minimum atomic E-state index is -0.263. The maximum atomic E-state index is 13.1. The van der Waals surface area contributed by atoms with Crippen LogP contribution in [0.5, 0.6) is 5.75 Å². The number of carbonyl (C=O) groups excluding carboxylic acids is 2. The summed E-state index contributed by atoms with van der Waals surface area (Å²) in [5.74, 6) is -0.131. The highest BCUT2D eigenvalue weighted by atomic mass is 16.5. The summed E-state index contributed by atoms with van der Waals surface area (Å²) in [6.07, 6.45) is 3.21. The fourth-order valence-corrected chi connectivity index (χ4v) is 3.35. The molecule has 1 amide bonds. The van der Waals surface area contributed by atoms with Crippen molar-refractivity contribution >= 4 is 11.7 Å². The summed E-state index contributed by atoms with van der Waals surface area (Å²) < 4.78 is 7.36. The van der Waals surface area contributed by atoms with Gasteiger partial charge in [0, 0.05) is 6.20 Å². The molecule has 1 heterocycles. The number of amides is 1. The molecule has 3 aromatic carbocycles. The minimum absolute atomic E-state index is 0.145. The Balaban J connectivity index is 1.43. The Bertz CT molecular complexity index is 1200. The van der Waals surface area contributed by atoms with Crippen LogP contribution in [0.15, 0.2) is 97.3 Å². The number of benzene rings is 3. The molecule has 0 bridgehead atoms. The quantitative estimate of drug-likeness (QED) is 0.426. The number of hydrogen-bond acceptors (Lipinski definition) is 4. The number of aromatic nitrogens is 2. The predicted octanol–water partition coefficient (Wildman–Crippen LogP) is 4.36. The second-order valence-electron chi connectivity index (χ2n) is 7.32. The van der Waals surface area contributed by atoms with Gasteiger partial charge >= 0.3 is 0 Å². The molecule has 0 aliphatic heterocycles. The maximum absolute atomic E-state index is 13.1. The van der Waals surface area contributed by atoms with Crippen molar-refractivity contribution < 1.29 is 14.3 Å². The van der Waals surface area contributed by atoms with Crippen molar-refractivity contribution in [1.29, 1.82) is 0 Å². The first-order valence-corrected chi connectivity index (χ1v) is 10.3. The number of nitrogens with one attached hydrogen (secondary N) is 1. The average molecular weight is 425 g/mol. The molecule has 0 radical (unpaired) electrons. The van der Waals surface area contributed by atoms with E-state index in [0.29, 0.717) is 16.9 Å². The van der Waals surface area contributed by atoms with Crippen LogP contribution in [0.2, 0.25) is 0 Å². The maximum Gasteiger partial charge on any atom is 0.258 e. The fourth-order valence-electron chi connectivity index (χ4n) is 3.35. The highest BCUT2D eigenvalue weighted by Crippen LogP contribution is 2.22. The van der Waals surface area contributed by atoms with Crippen LogP contribution >= 0.6 is 0 Å². The van der Waals surface area contributed by atoms with Crippen LogP contribution in [-0.2, 0) is 4.79 Å². The zero-order valence-electron chi connectivity index (χ0n) is 17.6. The van der Waals surface area contributed by atoms with Gasteiger partial charge in [0.25, 0.3) is 5.91 Å². The lowest BCUT2D eigenvalue weighted by Gasteiger charge is -2.15. The Morgan fingerprint density at radius 1 is 0.938 bits per heavy atom. The van der Waals surface area contributed by atoms with E-state index in [1.54, 1.807) is 35.1 Å². The third kappa shape index (κ3) is 4.92. The predicted molar refractivity (Wildman–Crippen MR) is 122 cm³/mol. The number of carbonyl (C=O) groups is 2. The number of rotatable bonds is 8. The summed E-state index contributed by atoms with van der Waals surface area (Å²) >= 11 is 0. The van der Waals surface area contributed by atoms with E-state index in [-0.39, 0.29) is 24.3 Å². The molecule has 4 rings (SSSR count). The second-order valence-corrected chi connectivity index (χ2v) is 7.32. The summed E-state index contributed by atoms with van der Waals surface area (Å²) in [5.41, 5.74) is 2.68. The molecular weight excluding hydrogens is 402 g/mol. The Hall–Kier alpha value is -4.19. The molecule has 4 aromatic rings. The lowest BCUT2D eigenvalue weighted by Crippen LogP contribution is -2.31. The largest absolute Gasteiger partial charge is 0.483 e. The molecule has 1 N–H and O–H groups in total. The Morgan fingerprint density at radius 3 is 2.34 bits per heavy atom. The molecule has 6 nitrogen and oxygen atoms in total. The van der Waals surface area contributed by atoms with Crippen LogP contribution in [-0.4, -0.2) is 28.1 Å². The molecule has 32 heavy (non-hydrogen) atoms. The van der Waals surface area contributed by atoms with E-state index in [1.165, 1.54) is 6.20 Å². The van der Waals surface area contributed by atoms with E-state index in [9.17, 15) is 9.59 Å². The summed E-state index contributed by atoms with van der Waals surface area (Å²) in [7, 11) is 0. The number of ketones is 1. The van der Waals surface area contributed by atoms with Crippen LogP contribution in [0, 0.1) is 0 Å². The third-order valence-electron chi connectivity index (χ3n) is 5.03. The van der Waals surface area contributed by atoms with Gasteiger partial charge in [-0.05, 0) is 36.8 Å². The molecule has 1 aromatic heterocycles. The minimum Gasteiger partial charge on any atom is -0.483 e. The van der Waals surface area contributed by atoms with Crippen LogP contribution < -0.4 is 10.1 Å². The lowest BCUT2D eigenvalue weighted by molar-refractivity contribution is -0.123. The van der Waals surface area contributed by atoms with Gasteiger partial charge in [0.1, 0.15) is 5.75 Å². The van der Waals surface area contributed by atoms with E-state index in [0.717, 1.165) is 11.3 Å². The summed E-state index contributed by atoms with van der Waals surface area (Å²) in [4.78, 5) is 25.5. The van der Waals surface area contributed by atoms with Gasteiger partial charge in [0.2, 0.25) is 0 Å². The van der Waals surface area contributed by atoms with Gasteiger partial charge in [-0.25, -0.2) is 4.68 Å². The molecule has 0 fully saturated rings. The van der Waals surface area contributed by atoms with Crippen LogP contribution in [0.3, 0.4) is 0 Å². The zero-order chi connectivity index (χ0) is 22.3. The number of ether oxygens (including phenoxy) is 1. The van der Waals surface area contributed by atoms with Crippen molar-refractivity contribution in [2.24, 2.45) is 0 Å². The molecule has 1 atom stereocenters. The number of hydrogen-bond donors (Lipinski definition) is 1. The average Bonchev–Trinajstić information content (AvgIpc) is 3.34. The van der Waals surface area contributed by atoms with Crippen molar-refractivity contribution in [2.75, 3.05) is 6.61 Å². The van der Waals surface area contributed by atoms with Gasteiger partial charge in [-0.2, -0.15) is 5.10 Å². The Labute approximate surface area is 186 Å².